The quantitative estimate of drug-likeness (QED) is 0.648. The van der Waals surface area contributed by atoms with Crippen LogP contribution in [-0.2, 0) is 0 Å². The Labute approximate surface area is 136 Å². The van der Waals surface area contributed by atoms with Crippen LogP contribution in [0.25, 0.3) is 0 Å². The first-order valence-electron chi connectivity index (χ1n) is 9.82. The predicted octanol–water partition coefficient (Wildman–Crippen LogP) is 5.34. The number of allylic oxidation sites excluding steroid dienone is 2. The van der Waals surface area contributed by atoms with Crippen molar-refractivity contribution in [2.45, 2.75) is 84.2 Å². The molecule has 0 aromatic rings. The molecule has 1 heteroatoms. The van der Waals surface area contributed by atoms with Crippen molar-refractivity contribution in [3.05, 3.63) is 12.2 Å². The van der Waals surface area contributed by atoms with Crippen molar-refractivity contribution in [3.63, 3.8) is 0 Å². The van der Waals surface area contributed by atoms with Crippen LogP contribution in [-0.4, -0.2) is 10.7 Å². The van der Waals surface area contributed by atoms with Gasteiger partial charge in [0.15, 0.2) is 0 Å². The molecule has 22 heavy (non-hydrogen) atoms. The van der Waals surface area contributed by atoms with Gasteiger partial charge in [0.05, 0.1) is 5.60 Å². The summed E-state index contributed by atoms with van der Waals surface area (Å²) in [6, 6.07) is 0. The predicted molar refractivity (Wildman–Crippen MR) is 91.5 cm³/mol. The van der Waals surface area contributed by atoms with Gasteiger partial charge >= 0.3 is 0 Å². The summed E-state index contributed by atoms with van der Waals surface area (Å²) in [4.78, 5) is 0. The number of aliphatic hydroxyl groups is 1. The van der Waals surface area contributed by atoms with Gasteiger partial charge in [-0.15, -0.1) is 0 Å². The van der Waals surface area contributed by atoms with Gasteiger partial charge < -0.3 is 5.11 Å². The van der Waals surface area contributed by atoms with Gasteiger partial charge in [-0.2, -0.15) is 0 Å². The van der Waals surface area contributed by atoms with E-state index < -0.39 is 0 Å². The largest absolute Gasteiger partial charge is 0.389 e. The van der Waals surface area contributed by atoms with Gasteiger partial charge in [-0.1, -0.05) is 32.9 Å². The highest BCUT2D eigenvalue weighted by Gasteiger charge is 2.63. The second-order valence-corrected chi connectivity index (χ2v) is 9.45. The lowest BCUT2D eigenvalue weighted by atomic mass is 9.45. The first-order valence-corrected chi connectivity index (χ1v) is 9.82. The number of rotatable bonds is 1. The highest BCUT2D eigenvalue weighted by molar-refractivity contribution is 5.15. The summed E-state index contributed by atoms with van der Waals surface area (Å²) in [5.74, 6) is 3.50. The maximum atomic E-state index is 11.2. The molecule has 0 aliphatic heterocycles. The molecule has 0 aromatic carbocycles. The molecule has 1 nitrogen and oxygen atoms in total. The van der Waals surface area contributed by atoms with E-state index >= 15 is 0 Å². The molecule has 4 aliphatic carbocycles. The molecule has 4 rings (SSSR count). The Hall–Kier alpha value is -0.300. The van der Waals surface area contributed by atoms with Crippen LogP contribution >= 0.6 is 0 Å². The van der Waals surface area contributed by atoms with Crippen LogP contribution in [0.15, 0.2) is 12.2 Å². The van der Waals surface area contributed by atoms with Crippen molar-refractivity contribution in [1.29, 1.82) is 0 Å². The Kier molecular flexibility index (Phi) is 3.36. The topological polar surface area (TPSA) is 20.2 Å². The molecule has 0 amide bonds. The monoisotopic (exact) mass is 302 g/mol. The molecule has 0 spiro atoms. The van der Waals surface area contributed by atoms with Crippen LogP contribution in [0, 0.1) is 34.5 Å². The van der Waals surface area contributed by atoms with Crippen LogP contribution in [0.5, 0.6) is 0 Å². The third kappa shape index (κ3) is 1.75. The van der Waals surface area contributed by atoms with Gasteiger partial charge in [0.1, 0.15) is 0 Å². The van der Waals surface area contributed by atoms with E-state index in [1.165, 1.54) is 44.9 Å². The van der Waals surface area contributed by atoms with Gasteiger partial charge in [-0.25, -0.2) is 0 Å². The van der Waals surface area contributed by atoms with Crippen molar-refractivity contribution in [2.24, 2.45) is 34.5 Å². The van der Waals surface area contributed by atoms with Gasteiger partial charge in [0, 0.05) is 0 Å². The summed E-state index contributed by atoms with van der Waals surface area (Å²) in [5, 5.41) is 11.2. The van der Waals surface area contributed by atoms with Crippen LogP contribution in [0.3, 0.4) is 0 Å². The second-order valence-electron chi connectivity index (χ2n) is 9.45. The molecule has 3 saturated carbocycles. The van der Waals surface area contributed by atoms with Gasteiger partial charge in [-0.3, -0.25) is 0 Å². The third-order valence-corrected chi connectivity index (χ3v) is 9.12. The summed E-state index contributed by atoms with van der Waals surface area (Å²) in [5.41, 5.74) is 0.357. The molecular formula is C21H34O. The lowest BCUT2D eigenvalue weighted by Gasteiger charge is -2.60. The van der Waals surface area contributed by atoms with Crippen molar-refractivity contribution >= 4 is 0 Å². The Morgan fingerprint density at radius 1 is 1.00 bits per heavy atom. The molecular weight excluding hydrogens is 268 g/mol. The number of hydrogen-bond acceptors (Lipinski definition) is 1. The normalized spacial score (nSPS) is 57.1. The van der Waals surface area contributed by atoms with Gasteiger partial charge in [-0.05, 0) is 92.3 Å². The lowest BCUT2D eigenvalue weighted by molar-refractivity contribution is -0.145. The van der Waals surface area contributed by atoms with Crippen molar-refractivity contribution in [3.8, 4) is 0 Å². The van der Waals surface area contributed by atoms with Crippen molar-refractivity contribution in [1.82, 2.24) is 0 Å². The van der Waals surface area contributed by atoms with E-state index in [2.05, 4.69) is 32.9 Å². The van der Waals surface area contributed by atoms with E-state index in [9.17, 15) is 5.11 Å². The van der Waals surface area contributed by atoms with Gasteiger partial charge in [0.25, 0.3) is 0 Å². The fourth-order valence-corrected chi connectivity index (χ4v) is 7.53. The summed E-state index contributed by atoms with van der Waals surface area (Å²) in [6.07, 6.45) is 16.3. The highest BCUT2D eigenvalue weighted by atomic mass is 16.3. The minimum Gasteiger partial charge on any atom is -0.389 e. The lowest BCUT2D eigenvalue weighted by Crippen LogP contribution is -2.55. The van der Waals surface area contributed by atoms with Crippen molar-refractivity contribution < 1.29 is 5.11 Å². The summed E-state index contributed by atoms with van der Waals surface area (Å²) in [7, 11) is 0. The average Bonchev–Trinajstić information content (AvgIpc) is 2.79. The van der Waals surface area contributed by atoms with Crippen LogP contribution in [0.1, 0.15) is 78.6 Å². The standard InChI is InChI=1S/C21H34O/c1-4-21(22)14-11-18-16-9-8-15-7-5-6-12-19(15,2)17(16)10-13-20(18,21)3/h5-6,15-18,22H,4,7-14H2,1-3H3/t15-,16+,17-,18-,19-,20-,21-/m0/s1. The number of hydrogen-bond donors (Lipinski definition) is 1. The fraction of sp³-hybridized carbons (Fsp3) is 0.905. The molecule has 0 unspecified atom stereocenters. The molecule has 0 bridgehead atoms. The zero-order valence-electron chi connectivity index (χ0n) is 14.8. The first kappa shape index (κ1) is 15.2. The van der Waals surface area contributed by atoms with Gasteiger partial charge in [0.2, 0.25) is 0 Å². The van der Waals surface area contributed by atoms with Crippen molar-refractivity contribution in [2.75, 3.05) is 0 Å². The zero-order chi connectivity index (χ0) is 15.6. The van der Waals surface area contributed by atoms with E-state index in [1.807, 2.05) is 0 Å². The van der Waals surface area contributed by atoms with E-state index in [1.54, 1.807) is 0 Å². The molecule has 0 heterocycles. The van der Waals surface area contributed by atoms with E-state index in [-0.39, 0.29) is 11.0 Å². The minimum atomic E-state index is -0.382. The molecule has 0 saturated heterocycles. The molecule has 0 aromatic heterocycles. The fourth-order valence-electron chi connectivity index (χ4n) is 7.53. The molecule has 0 radical (unpaired) electrons. The van der Waals surface area contributed by atoms with Crippen LogP contribution in [0.4, 0.5) is 0 Å². The zero-order valence-corrected chi connectivity index (χ0v) is 14.8. The maximum Gasteiger partial charge on any atom is 0.0701 e. The summed E-state index contributed by atoms with van der Waals surface area (Å²) in [6.45, 7) is 7.23. The first-order chi connectivity index (χ1) is 10.4. The van der Waals surface area contributed by atoms with E-state index in [4.69, 9.17) is 0 Å². The Balaban J connectivity index is 1.67. The molecule has 1 N–H and O–H groups in total. The molecule has 7 atom stereocenters. The molecule has 4 aliphatic rings. The second kappa shape index (κ2) is 4.85. The van der Waals surface area contributed by atoms with E-state index in [0.29, 0.717) is 5.41 Å². The Bertz CT molecular complexity index is 482. The minimum absolute atomic E-state index is 0.191. The smallest absolute Gasteiger partial charge is 0.0701 e. The highest BCUT2D eigenvalue weighted by Crippen LogP contribution is 2.68. The maximum absolute atomic E-state index is 11.2. The van der Waals surface area contributed by atoms with E-state index in [0.717, 1.165) is 36.5 Å². The Morgan fingerprint density at radius 3 is 2.55 bits per heavy atom. The van der Waals surface area contributed by atoms with Crippen LogP contribution in [0.2, 0.25) is 0 Å². The molecule has 124 valence electrons. The average molecular weight is 303 g/mol. The summed E-state index contributed by atoms with van der Waals surface area (Å²) < 4.78 is 0. The summed E-state index contributed by atoms with van der Waals surface area (Å²) >= 11 is 0. The molecule has 3 fully saturated rings. The van der Waals surface area contributed by atoms with Crippen LogP contribution < -0.4 is 0 Å². The SMILES string of the molecule is CC[C@]1(O)CC[C@H]2[C@@H]3CC[C@@H]4CC=CC[C@]4(C)[C@H]3CC[C@@]21C. The third-order valence-electron chi connectivity index (χ3n) is 9.12. The Morgan fingerprint density at radius 2 is 1.77 bits per heavy atom. The number of fused-ring (bicyclic) bond motifs is 5.